The number of benzene rings is 1. The normalized spacial score (nSPS) is 11.9. The lowest BCUT2D eigenvalue weighted by atomic mass is 10.2. The number of ether oxygens (including phenoxy) is 1. The van der Waals surface area contributed by atoms with Crippen LogP contribution in [0.3, 0.4) is 0 Å². The summed E-state index contributed by atoms with van der Waals surface area (Å²) in [7, 11) is 1.92. The van der Waals surface area contributed by atoms with Gasteiger partial charge in [-0.05, 0) is 19.5 Å². The molecule has 1 aromatic heterocycles. The molecule has 21 heavy (non-hydrogen) atoms. The molecule has 0 spiro atoms. The number of nitrogens with zero attached hydrogens (tertiary/aromatic N) is 2. The molecule has 1 N–H and O–H groups in total. The standard InChI is InChI=1S/C15H21N3O2.ClH/c1-12(16-2)10-14-17-15(20-18-14)8-9-19-11-13-6-4-3-5-7-13;/h3-7,12,16H,8-11H2,1-2H3;1H. The fraction of sp³-hybridized carbons (Fsp3) is 0.467. The van der Waals surface area contributed by atoms with Crippen LogP contribution >= 0.6 is 12.4 Å². The topological polar surface area (TPSA) is 60.2 Å². The largest absolute Gasteiger partial charge is 0.376 e. The number of nitrogens with one attached hydrogen (secondary N) is 1. The Hall–Kier alpha value is -1.43. The number of halogens is 1. The molecule has 1 heterocycles. The van der Waals surface area contributed by atoms with Gasteiger partial charge in [-0.2, -0.15) is 4.98 Å². The van der Waals surface area contributed by atoms with Gasteiger partial charge < -0.3 is 14.6 Å². The van der Waals surface area contributed by atoms with E-state index in [1.54, 1.807) is 0 Å². The minimum atomic E-state index is 0. The van der Waals surface area contributed by atoms with Crippen LogP contribution in [0, 0.1) is 0 Å². The molecule has 5 nitrogen and oxygen atoms in total. The molecular formula is C15H22ClN3O2. The lowest BCUT2D eigenvalue weighted by Crippen LogP contribution is -2.24. The minimum Gasteiger partial charge on any atom is -0.376 e. The first-order valence-corrected chi connectivity index (χ1v) is 6.88. The lowest BCUT2D eigenvalue weighted by molar-refractivity contribution is 0.118. The molecule has 0 radical (unpaired) electrons. The first kappa shape index (κ1) is 17.6. The van der Waals surface area contributed by atoms with Gasteiger partial charge in [-0.25, -0.2) is 0 Å². The van der Waals surface area contributed by atoms with Crippen molar-refractivity contribution in [1.82, 2.24) is 15.5 Å². The smallest absolute Gasteiger partial charge is 0.228 e. The van der Waals surface area contributed by atoms with Gasteiger partial charge >= 0.3 is 0 Å². The van der Waals surface area contributed by atoms with Crippen molar-refractivity contribution < 1.29 is 9.26 Å². The second-order valence-corrected chi connectivity index (χ2v) is 4.79. The maximum atomic E-state index is 5.60. The highest BCUT2D eigenvalue weighted by Gasteiger charge is 2.09. The van der Waals surface area contributed by atoms with E-state index in [0.717, 1.165) is 12.2 Å². The highest BCUT2D eigenvalue weighted by Crippen LogP contribution is 2.04. The van der Waals surface area contributed by atoms with E-state index in [1.165, 1.54) is 5.56 Å². The molecule has 0 saturated heterocycles. The molecule has 116 valence electrons. The molecule has 2 rings (SSSR count). The predicted molar refractivity (Wildman–Crippen MR) is 83.6 cm³/mol. The third kappa shape index (κ3) is 6.25. The van der Waals surface area contributed by atoms with E-state index >= 15 is 0 Å². The zero-order valence-electron chi connectivity index (χ0n) is 12.4. The molecule has 0 saturated carbocycles. The number of hydrogen-bond donors (Lipinski definition) is 1. The zero-order valence-corrected chi connectivity index (χ0v) is 13.2. The van der Waals surface area contributed by atoms with Crippen molar-refractivity contribution in [3.63, 3.8) is 0 Å². The van der Waals surface area contributed by atoms with E-state index in [2.05, 4.69) is 22.4 Å². The van der Waals surface area contributed by atoms with Crippen LogP contribution < -0.4 is 5.32 Å². The van der Waals surface area contributed by atoms with Crippen molar-refractivity contribution in [2.75, 3.05) is 13.7 Å². The summed E-state index contributed by atoms with van der Waals surface area (Å²) in [5.41, 5.74) is 1.17. The van der Waals surface area contributed by atoms with Crippen LogP contribution in [-0.2, 0) is 24.2 Å². The number of aromatic nitrogens is 2. The van der Waals surface area contributed by atoms with Gasteiger partial charge in [0.2, 0.25) is 5.89 Å². The van der Waals surface area contributed by atoms with Crippen molar-refractivity contribution in [2.45, 2.75) is 32.4 Å². The summed E-state index contributed by atoms with van der Waals surface area (Å²) < 4.78 is 10.8. The average molecular weight is 312 g/mol. The molecule has 1 unspecified atom stereocenters. The van der Waals surface area contributed by atoms with Crippen LogP contribution in [0.5, 0.6) is 0 Å². The van der Waals surface area contributed by atoms with Gasteiger partial charge in [-0.1, -0.05) is 35.5 Å². The van der Waals surface area contributed by atoms with Crippen LogP contribution in [-0.4, -0.2) is 29.8 Å². The fourth-order valence-electron chi connectivity index (χ4n) is 1.77. The van der Waals surface area contributed by atoms with E-state index in [9.17, 15) is 0 Å². The quantitative estimate of drug-likeness (QED) is 0.759. The van der Waals surface area contributed by atoms with Crippen LogP contribution in [0.2, 0.25) is 0 Å². The van der Waals surface area contributed by atoms with Gasteiger partial charge in [-0.3, -0.25) is 0 Å². The molecule has 0 amide bonds. The van der Waals surface area contributed by atoms with E-state index in [4.69, 9.17) is 9.26 Å². The molecule has 1 aromatic carbocycles. The summed E-state index contributed by atoms with van der Waals surface area (Å²) in [6.07, 6.45) is 1.42. The Labute approximate surface area is 131 Å². The second-order valence-electron chi connectivity index (χ2n) is 4.79. The van der Waals surface area contributed by atoms with Gasteiger partial charge in [0, 0.05) is 12.5 Å². The number of hydrogen-bond acceptors (Lipinski definition) is 5. The van der Waals surface area contributed by atoms with Gasteiger partial charge in [0.05, 0.1) is 19.6 Å². The Morgan fingerprint density at radius 3 is 2.76 bits per heavy atom. The number of rotatable bonds is 8. The molecule has 0 aliphatic carbocycles. The Morgan fingerprint density at radius 2 is 2.05 bits per heavy atom. The monoisotopic (exact) mass is 311 g/mol. The molecule has 0 aliphatic heterocycles. The van der Waals surface area contributed by atoms with Crippen LogP contribution in [0.4, 0.5) is 0 Å². The van der Waals surface area contributed by atoms with Gasteiger partial charge in [-0.15, -0.1) is 12.4 Å². The Balaban J connectivity index is 0.00000220. The van der Waals surface area contributed by atoms with Crippen LogP contribution in [0.25, 0.3) is 0 Å². The molecule has 0 aliphatic rings. The van der Waals surface area contributed by atoms with Crippen molar-refractivity contribution in [2.24, 2.45) is 0 Å². The SMILES string of the molecule is CNC(C)Cc1noc(CCOCc2ccccc2)n1.Cl. The summed E-state index contributed by atoms with van der Waals surface area (Å²) in [6, 6.07) is 10.4. The first-order chi connectivity index (χ1) is 9.78. The zero-order chi connectivity index (χ0) is 14.2. The highest BCUT2D eigenvalue weighted by molar-refractivity contribution is 5.85. The Bertz CT molecular complexity index is 505. The van der Waals surface area contributed by atoms with Crippen molar-refractivity contribution in [1.29, 1.82) is 0 Å². The van der Waals surface area contributed by atoms with Crippen LogP contribution in [0.1, 0.15) is 24.2 Å². The second kappa shape index (κ2) is 9.50. The summed E-state index contributed by atoms with van der Waals surface area (Å²) >= 11 is 0. The molecule has 6 heteroatoms. The molecule has 0 fully saturated rings. The van der Waals surface area contributed by atoms with Crippen LogP contribution in [0.15, 0.2) is 34.9 Å². The van der Waals surface area contributed by atoms with E-state index in [1.807, 2.05) is 37.4 Å². The maximum absolute atomic E-state index is 5.60. The lowest BCUT2D eigenvalue weighted by Gasteiger charge is -2.04. The summed E-state index contributed by atoms with van der Waals surface area (Å²) in [4.78, 5) is 4.34. The van der Waals surface area contributed by atoms with Crippen molar-refractivity contribution in [3.05, 3.63) is 47.6 Å². The third-order valence-corrected chi connectivity index (χ3v) is 3.06. The van der Waals surface area contributed by atoms with Crippen molar-refractivity contribution >= 4 is 12.4 Å². The van der Waals surface area contributed by atoms with E-state index in [-0.39, 0.29) is 12.4 Å². The van der Waals surface area contributed by atoms with E-state index in [0.29, 0.717) is 31.6 Å². The molecular weight excluding hydrogens is 290 g/mol. The van der Waals surface area contributed by atoms with Gasteiger partial charge in [0.1, 0.15) is 0 Å². The molecule has 0 bridgehead atoms. The van der Waals surface area contributed by atoms with E-state index < -0.39 is 0 Å². The summed E-state index contributed by atoms with van der Waals surface area (Å²) in [5, 5.41) is 7.11. The fourth-order valence-corrected chi connectivity index (χ4v) is 1.77. The molecule has 2 aromatic rings. The van der Waals surface area contributed by atoms with Crippen molar-refractivity contribution in [3.8, 4) is 0 Å². The van der Waals surface area contributed by atoms with Gasteiger partial charge in [0.15, 0.2) is 5.82 Å². The Morgan fingerprint density at radius 1 is 1.29 bits per heavy atom. The number of likely N-dealkylation sites (N-methyl/N-ethyl adjacent to an activating group) is 1. The minimum absolute atomic E-state index is 0. The summed E-state index contributed by atoms with van der Waals surface area (Å²) in [6.45, 7) is 3.27. The predicted octanol–water partition coefficient (Wildman–Crippen LogP) is 2.40. The third-order valence-electron chi connectivity index (χ3n) is 3.06. The average Bonchev–Trinajstić information content (AvgIpc) is 2.92. The molecule has 1 atom stereocenters. The highest BCUT2D eigenvalue weighted by atomic mass is 35.5. The first-order valence-electron chi connectivity index (χ1n) is 6.88. The summed E-state index contributed by atoms with van der Waals surface area (Å²) in [5.74, 6) is 1.38. The Kier molecular flexibility index (Phi) is 7.97. The van der Waals surface area contributed by atoms with Gasteiger partial charge in [0.25, 0.3) is 0 Å². The maximum Gasteiger partial charge on any atom is 0.228 e.